The zero-order valence-corrected chi connectivity index (χ0v) is 12.6. The minimum Gasteiger partial charge on any atom is -0.489 e. The van der Waals surface area contributed by atoms with Gasteiger partial charge in [0.1, 0.15) is 19.0 Å². The molecule has 2 aromatic carbocycles. The van der Waals surface area contributed by atoms with Gasteiger partial charge in [0, 0.05) is 19.2 Å². The van der Waals surface area contributed by atoms with Crippen LogP contribution in [-0.4, -0.2) is 31.3 Å². The number of hydrogen-bond acceptors (Lipinski definition) is 5. The molecule has 0 N–H and O–H groups in total. The van der Waals surface area contributed by atoms with Crippen molar-refractivity contribution in [3.8, 4) is 5.75 Å². The van der Waals surface area contributed by atoms with Gasteiger partial charge in [-0.1, -0.05) is 36.4 Å². The van der Waals surface area contributed by atoms with Gasteiger partial charge in [0.25, 0.3) is 0 Å². The summed E-state index contributed by atoms with van der Waals surface area (Å²) in [7, 11) is 0. The molecule has 2 aromatic rings. The number of fused-ring (bicyclic) bond motifs is 1. The van der Waals surface area contributed by atoms with Gasteiger partial charge in [-0.15, -0.1) is 0 Å². The zero-order valence-electron chi connectivity index (χ0n) is 12.6. The molecule has 0 aliphatic heterocycles. The summed E-state index contributed by atoms with van der Waals surface area (Å²) in [6.45, 7) is 2.69. The van der Waals surface area contributed by atoms with Crippen LogP contribution in [0, 0.1) is 0 Å². The third-order valence-corrected chi connectivity index (χ3v) is 2.98. The number of ether oxygens (including phenoxy) is 3. The molecule has 1 atom stereocenters. The average molecular weight is 302 g/mol. The predicted octanol–water partition coefficient (Wildman–Crippen LogP) is 2.71. The Balaban J connectivity index is 2.06. The molecule has 0 heterocycles. The first-order chi connectivity index (χ1) is 10.6. The highest BCUT2D eigenvalue weighted by Crippen LogP contribution is 2.25. The third-order valence-electron chi connectivity index (χ3n) is 2.98. The van der Waals surface area contributed by atoms with Gasteiger partial charge in [0.2, 0.25) is 0 Å². The van der Waals surface area contributed by atoms with Crippen molar-refractivity contribution in [1.29, 1.82) is 0 Å². The molecule has 5 nitrogen and oxygen atoms in total. The Morgan fingerprint density at radius 1 is 0.955 bits per heavy atom. The topological polar surface area (TPSA) is 61.8 Å². The van der Waals surface area contributed by atoms with Gasteiger partial charge in [-0.3, -0.25) is 9.59 Å². The van der Waals surface area contributed by atoms with Crippen molar-refractivity contribution in [1.82, 2.24) is 0 Å². The lowest BCUT2D eigenvalue weighted by atomic mass is 10.1. The highest BCUT2D eigenvalue weighted by molar-refractivity contribution is 5.88. The molecule has 0 saturated carbocycles. The van der Waals surface area contributed by atoms with Gasteiger partial charge < -0.3 is 14.2 Å². The molecule has 0 spiro atoms. The van der Waals surface area contributed by atoms with Crippen LogP contribution in [-0.2, 0) is 19.1 Å². The molecular weight excluding hydrogens is 284 g/mol. The highest BCUT2D eigenvalue weighted by Gasteiger charge is 2.15. The van der Waals surface area contributed by atoms with Crippen molar-refractivity contribution in [2.75, 3.05) is 13.2 Å². The Bertz CT molecular complexity index is 660. The first-order valence-electron chi connectivity index (χ1n) is 6.97. The van der Waals surface area contributed by atoms with E-state index in [-0.39, 0.29) is 13.2 Å². The van der Waals surface area contributed by atoms with Gasteiger partial charge in [0.05, 0.1) is 0 Å². The van der Waals surface area contributed by atoms with Crippen LogP contribution in [0.3, 0.4) is 0 Å². The molecule has 0 radical (unpaired) electrons. The number of esters is 2. The molecule has 22 heavy (non-hydrogen) atoms. The minimum atomic E-state index is -0.639. The van der Waals surface area contributed by atoms with Gasteiger partial charge in [-0.2, -0.15) is 0 Å². The maximum absolute atomic E-state index is 11.1. The molecule has 5 heteroatoms. The molecule has 0 fully saturated rings. The lowest BCUT2D eigenvalue weighted by molar-refractivity contribution is -0.158. The summed E-state index contributed by atoms with van der Waals surface area (Å²) < 4.78 is 15.7. The first kappa shape index (κ1) is 15.8. The lowest BCUT2D eigenvalue weighted by Crippen LogP contribution is -2.29. The molecule has 0 saturated heterocycles. The molecule has 0 aliphatic carbocycles. The highest BCUT2D eigenvalue weighted by atomic mass is 16.6. The van der Waals surface area contributed by atoms with E-state index >= 15 is 0 Å². The van der Waals surface area contributed by atoms with Crippen LogP contribution >= 0.6 is 0 Å². The molecule has 2 rings (SSSR count). The number of hydrogen-bond donors (Lipinski definition) is 0. The average Bonchev–Trinajstić information content (AvgIpc) is 2.49. The van der Waals surface area contributed by atoms with Crippen LogP contribution in [0.1, 0.15) is 13.8 Å². The molecule has 0 aliphatic rings. The van der Waals surface area contributed by atoms with Crippen molar-refractivity contribution >= 4 is 22.7 Å². The van der Waals surface area contributed by atoms with E-state index in [1.807, 2.05) is 42.5 Å². The normalized spacial score (nSPS) is 11.7. The Kier molecular flexibility index (Phi) is 5.36. The number of benzene rings is 2. The molecule has 0 bridgehead atoms. The molecule has 1 unspecified atom stereocenters. The van der Waals surface area contributed by atoms with Gasteiger partial charge in [0.15, 0.2) is 6.10 Å². The standard InChI is InChI=1S/C17H18O5/c1-12(18)20-10-15(22-13(2)19)11-21-17-9-5-7-14-6-3-4-8-16(14)17/h3-9,15H,10-11H2,1-2H3. The van der Waals surface area contributed by atoms with E-state index in [2.05, 4.69) is 0 Å². The largest absolute Gasteiger partial charge is 0.489 e. The summed E-state index contributed by atoms with van der Waals surface area (Å²) in [5, 5.41) is 2.03. The maximum atomic E-state index is 11.1. The van der Waals surface area contributed by atoms with Crippen molar-refractivity contribution in [2.24, 2.45) is 0 Å². The fourth-order valence-corrected chi connectivity index (χ4v) is 2.07. The Morgan fingerprint density at radius 2 is 1.68 bits per heavy atom. The Labute approximate surface area is 128 Å². The molecular formula is C17H18O5. The van der Waals surface area contributed by atoms with Crippen molar-refractivity contribution in [3.63, 3.8) is 0 Å². The van der Waals surface area contributed by atoms with Crippen molar-refractivity contribution in [2.45, 2.75) is 20.0 Å². The third kappa shape index (κ3) is 4.48. The predicted molar refractivity (Wildman–Crippen MR) is 81.6 cm³/mol. The number of carbonyl (C=O) groups is 2. The van der Waals surface area contributed by atoms with Crippen LogP contribution in [0.4, 0.5) is 0 Å². The fourth-order valence-electron chi connectivity index (χ4n) is 2.07. The van der Waals surface area contributed by atoms with Crippen LogP contribution in [0.25, 0.3) is 10.8 Å². The number of rotatable bonds is 6. The summed E-state index contributed by atoms with van der Waals surface area (Å²) in [4.78, 5) is 22.0. The molecule has 116 valence electrons. The van der Waals surface area contributed by atoms with E-state index < -0.39 is 18.0 Å². The molecule has 0 aromatic heterocycles. The summed E-state index contributed by atoms with van der Waals surface area (Å²) in [6.07, 6.45) is -0.639. The summed E-state index contributed by atoms with van der Waals surface area (Å²) in [6, 6.07) is 13.6. The quantitative estimate of drug-likeness (QED) is 0.768. The van der Waals surface area contributed by atoms with E-state index in [1.54, 1.807) is 0 Å². The second kappa shape index (κ2) is 7.45. The zero-order chi connectivity index (χ0) is 15.9. The summed E-state index contributed by atoms with van der Waals surface area (Å²) in [5.41, 5.74) is 0. The van der Waals surface area contributed by atoms with Crippen LogP contribution < -0.4 is 4.74 Å². The van der Waals surface area contributed by atoms with Crippen LogP contribution in [0.2, 0.25) is 0 Å². The monoisotopic (exact) mass is 302 g/mol. The van der Waals surface area contributed by atoms with Gasteiger partial charge >= 0.3 is 11.9 Å². The van der Waals surface area contributed by atoms with Crippen LogP contribution in [0.15, 0.2) is 42.5 Å². The van der Waals surface area contributed by atoms with E-state index in [0.29, 0.717) is 5.75 Å². The van der Waals surface area contributed by atoms with E-state index in [4.69, 9.17) is 14.2 Å². The molecule has 0 amide bonds. The number of carbonyl (C=O) groups excluding carboxylic acids is 2. The van der Waals surface area contributed by atoms with E-state index in [0.717, 1.165) is 10.8 Å². The smallest absolute Gasteiger partial charge is 0.303 e. The second-order valence-corrected chi connectivity index (χ2v) is 4.82. The second-order valence-electron chi connectivity index (χ2n) is 4.82. The lowest BCUT2D eigenvalue weighted by Gasteiger charge is -2.18. The van der Waals surface area contributed by atoms with Crippen molar-refractivity contribution < 1.29 is 23.8 Å². The SMILES string of the molecule is CC(=O)OCC(COc1cccc2ccccc12)OC(C)=O. The van der Waals surface area contributed by atoms with Gasteiger partial charge in [-0.05, 0) is 11.5 Å². The van der Waals surface area contributed by atoms with E-state index in [9.17, 15) is 9.59 Å². The maximum Gasteiger partial charge on any atom is 0.303 e. The summed E-state index contributed by atoms with van der Waals surface area (Å²) >= 11 is 0. The van der Waals surface area contributed by atoms with Crippen molar-refractivity contribution in [3.05, 3.63) is 42.5 Å². The van der Waals surface area contributed by atoms with Crippen LogP contribution in [0.5, 0.6) is 5.75 Å². The Morgan fingerprint density at radius 3 is 2.41 bits per heavy atom. The minimum absolute atomic E-state index is 0.0281. The Hall–Kier alpha value is -2.56. The fraction of sp³-hybridized carbons (Fsp3) is 0.294. The van der Waals surface area contributed by atoms with E-state index in [1.165, 1.54) is 13.8 Å². The first-order valence-corrected chi connectivity index (χ1v) is 6.97. The summed E-state index contributed by atoms with van der Waals surface area (Å²) in [5.74, 6) is -0.181. The van der Waals surface area contributed by atoms with Gasteiger partial charge in [-0.25, -0.2) is 0 Å².